The number of unbranched alkanes of at least 4 members (excludes halogenated alkanes) is 4. The Morgan fingerprint density at radius 2 is 1.60 bits per heavy atom. The SMILES string of the molecule is CCCCCCOCCCCS(=O)(=O)Cl. The van der Waals surface area contributed by atoms with Crippen molar-refractivity contribution < 1.29 is 13.2 Å². The first-order valence-electron chi connectivity index (χ1n) is 5.56. The van der Waals surface area contributed by atoms with Crippen LogP contribution in [0.4, 0.5) is 0 Å². The van der Waals surface area contributed by atoms with Crippen LogP contribution in [0.25, 0.3) is 0 Å². The zero-order valence-electron chi connectivity index (χ0n) is 9.37. The van der Waals surface area contributed by atoms with E-state index in [0.717, 1.165) is 19.4 Å². The zero-order valence-corrected chi connectivity index (χ0v) is 10.9. The van der Waals surface area contributed by atoms with Gasteiger partial charge in [-0.3, -0.25) is 0 Å². The summed E-state index contributed by atoms with van der Waals surface area (Å²) in [5.74, 6) is 0.0494. The molecular weight excluding hydrogens is 236 g/mol. The Hall–Kier alpha value is 0.200. The molecule has 0 unspecified atom stereocenters. The van der Waals surface area contributed by atoms with Crippen LogP contribution >= 0.6 is 10.7 Å². The molecule has 0 heterocycles. The molecule has 0 aliphatic heterocycles. The average molecular weight is 257 g/mol. The van der Waals surface area contributed by atoms with Crippen molar-refractivity contribution >= 4 is 19.7 Å². The van der Waals surface area contributed by atoms with Crippen molar-refractivity contribution in [3.8, 4) is 0 Å². The standard InChI is InChI=1S/C10H21ClO3S/c1-2-3-4-5-8-14-9-6-7-10-15(11,12)13/h2-10H2,1H3. The number of hydrogen-bond donors (Lipinski definition) is 0. The first-order valence-corrected chi connectivity index (χ1v) is 8.04. The van der Waals surface area contributed by atoms with Crippen LogP contribution in [0.15, 0.2) is 0 Å². The molecule has 0 fully saturated rings. The van der Waals surface area contributed by atoms with Gasteiger partial charge in [0, 0.05) is 23.9 Å². The second-order valence-electron chi connectivity index (χ2n) is 3.62. The molecule has 92 valence electrons. The van der Waals surface area contributed by atoms with E-state index < -0.39 is 9.05 Å². The van der Waals surface area contributed by atoms with E-state index in [1.807, 2.05) is 0 Å². The third-order valence-electron chi connectivity index (χ3n) is 2.07. The Morgan fingerprint density at radius 3 is 2.13 bits per heavy atom. The highest BCUT2D eigenvalue weighted by molar-refractivity contribution is 8.13. The maximum Gasteiger partial charge on any atom is 0.232 e. The molecule has 0 bridgehead atoms. The van der Waals surface area contributed by atoms with Crippen LogP contribution in [0, 0.1) is 0 Å². The highest BCUT2D eigenvalue weighted by atomic mass is 35.7. The minimum absolute atomic E-state index is 0.0494. The third-order valence-corrected chi connectivity index (χ3v) is 3.31. The van der Waals surface area contributed by atoms with Crippen LogP contribution < -0.4 is 0 Å². The monoisotopic (exact) mass is 256 g/mol. The Labute approximate surface area is 97.6 Å². The fraction of sp³-hybridized carbons (Fsp3) is 1.00. The van der Waals surface area contributed by atoms with E-state index in [4.69, 9.17) is 15.4 Å². The number of hydrogen-bond acceptors (Lipinski definition) is 3. The lowest BCUT2D eigenvalue weighted by atomic mass is 10.2. The van der Waals surface area contributed by atoms with E-state index in [2.05, 4.69) is 6.92 Å². The van der Waals surface area contributed by atoms with Crippen molar-refractivity contribution in [2.75, 3.05) is 19.0 Å². The Morgan fingerprint density at radius 1 is 1.00 bits per heavy atom. The Balaban J connectivity index is 3.06. The van der Waals surface area contributed by atoms with E-state index in [9.17, 15) is 8.42 Å². The van der Waals surface area contributed by atoms with Gasteiger partial charge in [0.25, 0.3) is 0 Å². The molecule has 0 aromatic rings. The maximum atomic E-state index is 10.6. The molecule has 0 aromatic carbocycles. The molecule has 15 heavy (non-hydrogen) atoms. The number of rotatable bonds is 10. The first-order chi connectivity index (χ1) is 7.06. The molecule has 0 spiro atoms. The maximum absolute atomic E-state index is 10.6. The molecule has 0 rings (SSSR count). The Kier molecular flexibility index (Phi) is 9.55. The molecule has 0 saturated heterocycles. The van der Waals surface area contributed by atoms with Crippen molar-refractivity contribution in [3.63, 3.8) is 0 Å². The topological polar surface area (TPSA) is 43.4 Å². The molecule has 0 saturated carbocycles. The highest BCUT2D eigenvalue weighted by Gasteiger charge is 2.03. The number of ether oxygens (including phenoxy) is 1. The molecule has 0 aliphatic carbocycles. The van der Waals surface area contributed by atoms with Gasteiger partial charge in [-0.2, -0.15) is 0 Å². The van der Waals surface area contributed by atoms with E-state index in [1.165, 1.54) is 19.3 Å². The predicted molar refractivity (Wildman–Crippen MR) is 63.8 cm³/mol. The van der Waals surface area contributed by atoms with Crippen LogP contribution in [0.2, 0.25) is 0 Å². The molecule has 0 aromatic heterocycles. The smallest absolute Gasteiger partial charge is 0.232 e. The molecule has 3 nitrogen and oxygen atoms in total. The summed E-state index contributed by atoms with van der Waals surface area (Å²) < 4.78 is 26.5. The van der Waals surface area contributed by atoms with Gasteiger partial charge < -0.3 is 4.74 Å². The van der Waals surface area contributed by atoms with Crippen molar-refractivity contribution in [1.82, 2.24) is 0 Å². The predicted octanol–water partition coefficient (Wildman–Crippen LogP) is 2.93. The molecular formula is C10H21ClO3S. The van der Waals surface area contributed by atoms with Crippen molar-refractivity contribution in [2.45, 2.75) is 45.4 Å². The first kappa shape index (κ1) is 15.2. The largest absolute Gasteiger partial charge is 0.381 e. The number of halogens is 1. The van der Waals surface area contributed by atoms with Gasteiger partial charge in [0.15, 0.2) is 0 Å². The fourth-order valence-corrected chi connectivity index (χ4v) is 2.09. The lowest BCUT2D eigenvalue weighted by Gasteiger charge is -2.03. The summed E-state index contributed by atoms with van der Waals surface area (Å²) in [5, 5.41) is 0. The van der Waals surface area contributed by atoms with Gasteiger partial charge in [0.1, 0.15) is 0 Å². The minimum atomic E-state index is -3.31. The van der Waals surface area contributed by atoms with E-state index in [1.54, 1.807) is 0 Å². The summed E-state index contributed by atoms with van der Waals surface area (Å²) in [6.07, 6.45) is 6.15. The van der Waals surface area contributed by atoms with Gasteiger partial charge in [-0.05, 0) is 19.3 Å². The summed E-state index contributed by atoms with van der Waals surface area (Å²) >= 11 is 0. The second-order valence-corrected chi connectivity index (χ2v) is 6.52. The zero-order chi connectivity index (χ0) is 11.6. The van der Waals surface area contributed by atoms with Crippen molar-refractivity contribution in [2.24, 2.45) is 0 Å². The third kappa shape index (κ3) is 14.2. The average Bonchev–Trinajstić information content (AvgIpc) is 2.14. The van der Waals surface area contributed by atoms with Gasteiger partial charge >= 0.3 is 0 Å². The van der Waals surface area contributed by atoms with Crippen LogP contribution in [0.3, 0.4) is 0 Å². The van der Waals surface area contributed by atoms with Crippen LogP contribution in [0.1, 0.15) is 45.4 Å². The molecule has 5 heteroatoms. The van der Waals surface area contributed by atoms with Crippen molar-refractivity contribution in [3.05, 3.63) is 0 Å². The lowest BCUT2D eigenvalue weighted by Crippen LogP contribution is -2.01. The lowest BCUT2D eigenvalue weighted by molar-refractivity contribution is 0.127. The van der Waals surface area contributed by atoms with Gasteiger partial charge in [0.05, 0.1) is 5.75 Å². The molecule has 0 aliphatic rings. The Bertz CT molecular complexity index is 227. The fourth-order valence-electron chi connectivity index (χ4n) is 1.21. The van der Waals surface area contributed by atoms with Gasteiger partial charge in [0.2, 0.25) is 9.05 Å². The molecule has 0 amide bonds. The van der Waals surface area contributed by atoms with Gasteiger partial charge in [-0.1, -0.05) is 26.2 Å². The van der Waals surface area contributed by atoms with Gasteiger partial charge in [-0.15, -0.1) is 0 Å². The van der Waals surface area contributed by atoms with Crippen LogP contribution in [-0.4, -0.2) is 27.4 Å². The van der Waals surface area contributed by atoms with E-state index in [0.29, 0.717) is 13.0 Å². The quantitative estimate of drug-likeness (QED) is 0.446. The van der Waals surface area contributed by atoms with Gasteiger partial charge in [-0.25, -0.2) is 8.42 Å². The summed E-state index contributed by atoms with van der Waals surface area (Å²) in [6, 6.07) is 0. The summed E-state index contributed by atoms with van der Waals surface area (Å²) in [5.41, 5.74) is 0. The van der Waals surface area contributed by atoms with Crippen LogP contribution in [-0.2, 0) is 13.8 Å². The molecule has 0 atom stereocenters. The van der Waals surface area contributed by atoms with E-state index >= 15 is 0 Å². The summed E-state index contributed by atoms with van der Waals surface area (Å²) in [6.45, 7) is 3.60. The van der Waals surface area contributed by atoms with Crippen LogP contribution in [0.5, 0.6) is 0 Å². The summed E-state index contributed by atoms with van der Waals surface area (Å²) in [7, 11) is 1.75. The minimum Gasteiger partial charge on any atom is -0.381 e. The summed E-state index contributed by atoms with van der Waals surface area (Å²) in [4.78, 5) is 0. The second kappa shape index (κ2) is 9.43. The highest BCUT2D eigenvalue weighted by Crippen LogP contribution is 2.03. The van der Waals surface area contributed by atoms with Crippen molar-refractivity contribution in [1.29, 1.82) is 0 Å². The normalized spacial score (nSPS) is 11.9. The van der Waals surface area contributed by atoms with E-state index in [-0.39, 0.29) is 5.75 Å². The molecule has 0 radical (unpaired) electrons. The molecule has 0 N–H and O–H groups in total.